The summed E-state index contributed by atoms with van der Waals surface area (Å²) in [6.07, 6.45) is 2.42. The van der Waals surface area contributed by atoms with E-state index < -0.39 is 23.5 Å². The van der Waals surface area contributed by atoms with Gasteiger partial charge in [-0.2, -0.15) is 0 Å². The van der Waals surface area contributed by atoms with Crippen molar-refractivity contribution in [3.8, 4) is 5.75 Å². The Balaban J connectivity index is 1.75. The maximum absolute atomic E-state index is 13.4. The summed E-state index contributed by atoms with van der Waals surface area (Å²) in [7, 11) is 0. The van der Waals surface area contributed by atoms with Gasteiger partial charge < -0.3 is 19.5 Å². The summed E-state index contributed by atoms with van der Waals surface area (Å²) in [6.45, 7) is 3.48. The number of nitrogens with zero attached hydrogens (tertiary/aromatic N) is 1. The molecule has 1 N–H and O–H groups in total. The van der Waals surface area contributed by atoms with Crippen molar-refractivity contribution in [1.29, 1.82) is 0 Å². The van der Waals surface area contributed by atoms with Crippen molar-refractivity contribution in [2.75, 3.05) is 19.8 Å². The Labute approximate surface area is 186 Å². The van der Waals surface area contributed by atoms with Crippen LogP contribution >= 0.6 is 0 Å². The van der Waals surface area contributed by atoms with Gasteiger partial charge in [-0.05, 0) is 61.2 Å². The van der Waals surface area contributed by atoms with Crippen LogP contribution in [-0.4, -0.2) is 47.6 Å². The van der Waals surface area contributed by atoms with E-state index in [1.54, 1.807) is 24.3 Å². The Bertz CT molecular complexity index is 1010. The maximum Gasteiger partial charge on any atom is 0.295 e. The molecule has 1 amide bonds. The molecule has 7 heteroatoms. The largest absolute Gasteiger partial charge is 0.507 e. The van der Waals surface area contributed by atoms with E-state index in [9.17, 15) is 19.1 Å². The minimum absolute atomic E-state index is 0.0122. The van der Waals surface area contributed by atoms with E-state index in [0.717, 1.165) is 19.3 Å². The Morgan fingerprint density at radius 3 is 2.50 bits per heavy atom. The van der Waals surface area contributed by atoms with Crippen LogP contribution in [-0.2, 0) is 14.3 Å². The number of hydrogen-bond acceptors (Lipinski definition) is 5. The molecule has 0 aromatic heterocycles. The molecule has 2 aromatic rings. The number of ether oxygens (including phenoxy) is 2. The van der Waals surface area contributed by atoms with Crippen molar-refractivity contribution in [2.45, 2.75) is 38.3 Å². The van der Waals surface area contributed by atoms with Gasteiger partial charge in [-0.25, -0.2) is 4.39 Å². The van der Waals surface area contributed by atoms with Crippen molar-refractivity contribution in [2.24, 2.45) is 0 Å². The van der Waals surface area contributed by atoms with Crippen molar-refractivity contribution in [3.63, 3.8) is 0 Å². The predicted octanol–water partition coefficient (Wildman–Crippen LogP) is 4.22. The molecular weight excluding hydrogens is 413 g/mol. The number of amides is 1. The number of carbonyl (C=O) groups excluding carboxylic acids is 2. The summed E-state index contributed by atoms with van der Waals surface area (Å²) < 4.78 is 24.7. The maximum atomic E-state index is 13.4. The summed E-state index contributed by atoms with van der Waals surface area (Å²) in [5.41, 5.74) is 0.936. The van der Waals surface area contributed by atoms with Gasteiger partial charge in [0.25, 0.3) is 11.7 Å². The standard InChI is InChI=1S/C25H26FNO5/c1-2-13-31-19-11-7-16(8-12-19)22-21(23(28)17-5-9-18(26)10-6-17)24(29)25(30)27(22)15-20-4-3-14-32-20/h5-12,20,22,28H,2-4,13-15H2,1H3/t20-,22-/m0/s1. The number of hydrogen-bond donors (Lipinski definition) is 1. The van der Waals surface area contributed by atoms with Gasteiger partial charge in [-0.15, -0.1) is 0 Å². The van der Waals surface area contributed by atoms with Crippen LogP contribution in [0.15, 0.2) is 54.1 Å². The average molecular weight is 439 g/mol. The van der Waals surface area contributed by atoms with E-state index in [4.69, 9.17) is 9.47 Å². The normalized spacial score (nSPS) is 22.5. The zero-order valence-corrected chi connectivity index (χ0v) is 17.9. The van der Waals surface area contributed by atoms with Gasteiger partial charge in [-0.3, -0.25) is 9.59 Å². The van der Waals surface area contributed by atoms with Gasteiger partial charge in [0.15, 0.2) is 0 Å². The van der Waals surface area contributed by atoms with E-state index in [1.165, 1.54) is 29.2 Å². The molecule has 2 fully saturated rings. The Kier molecular flexibility index (Phi) is 6.55. The van der Waals surface area contributed by atoms with Crippen molar-refractivity contribution in [1.82, 2.24) is 4.90 Å². The molecule has 168 valence electrons. The fraction of sp³-hybridized carbons (Fsp3) is 0.360. The summed E-state index contributed by atoms with van der Waals surface area (Å²) in [5, 5.41) is 11.0. The second-order valence-electron chi connectivity index (χ2n) is 8.01. The highest BCUT2D eigenvalue weighted by atomic mass is 19.1. The van der Waals surface area contributed by atoms with Crippen LogP contribution in [0.5, 0.6) is 5.75 Å². The number of ketones is 1. The number of Topliss-reactive ketones (excluding diaryl/α,β-unsaturated/α-hetero) is 1. The van der Waals surface area contributed by atoms with Crippen LogP contribution in [0.3, 0.4) is 0 Å². The Morgan fingerprint density at radius 1 is 1.16 bits per heavy atom. The van der Waals surface area contributed by atoms with Crippen LogP contribution in [0.1, 0.15) is 43.4 Å². The number of carbonyl (C=O) groups is 2. The minimum Gasteiger partial charge on any atom is -0.507 e. The first kappa shape index (κ1) is 22.0. The van der Waals surface area contributed by atoms with Gasteiger partial charge in [0, 0.05) is 18.7 Å². The molecule has 6 nitrogen and oxygen atoms in total. The van der Waals surface area contributed by atoms with Crippen LogP contribution in [0, 0.1) is 5.82 Å². The summed E-state index contributed by atoms with van der Waals surface area (Å²) in [5.74, 6) is -1.54. The van der Waals surface area contributed by atoms with Gasteiger partial charge in [0.2, 0.25) is 0 Å². The number of halogens is 1. The molecule has 2 heterocycles. The monoisotopic (exact) mass is 439 g/mol. The third-order valence-electron chi connectivity index (χ3n) is 5.75. The lowest BCUT2D eigenvalue weighted by molar-refractivity contribution is -0.140. The van der Waals surface area contributed by atoms with Gasteiger partial charge in [0.05, 0.1) is 24.3 Å². The highest BCUT2D eigenvalue weighted by molar-refractivity contribution is 6.46. The molecule has 2 saturated heterocycles. The first-order valence-electron chi connectivity index (χ1n) is 10.9. The van der Waals surface area contributed by atoms with E-state index in [-0.39, 0.29) is 29.5 Å². The summed E-state index contributed by atoms with van der Waals surface area (Å²) in [4.78, 5) is 27.5. The van der Waals surface area contributed by atoms with Crippen LogP contribution < -0.4 is 4.74 Å². The second-order valence-corrected chi connectivity index (χ2v) is 8.01. The molecule has 0 radical (unpaired) electrons. The highest BCUT2D eigenvalue weighted by Crippen LogP contribution is 2.40. The smallest absolute Gasteiger partial charge is 0.295 e. The average Bonchev–Trinajstić information content (AvgIpc) is 3.40. The summed E-state index contributed by atoms with van der Waals surface area (Å²) >= 11 is 0. The number of aliphatic hydroxyl groups is 1. The van der Waals surface area contributed by atoms with Crippen molar-refractivity contribution >= 4 is 17.4 Å². The van der Waals surface area contributed by atoms with Crippen LogP contribution in [0.4, 0.5) is 4.39 Å². The number of likely N-dealkylation sites (tertiary alicyclic amines) is 1. The third kappa shape index (κ3) is 4.39. The Morgan fingerprint density at radius 2 is 1.88 bits per heavy atom. The second kappa shape index (κ2) is 9.53. The fourth-order valence-corrected chi connectivity index (χ4v) is 4.15. The molecule has 2 aliphatic rings. The lowest BCUT2D eigenvalue weighted by Gasteiger charge is -2.27. The molecule has 32 heavy (non-hydrogen) atoms. The van der Waals surface area contributed by atoms with Gasteiger partial charge in [-0.1, -0.05) is 19.1 Å². The lowest BCUT2D eigenvalue weighted by atomic mass is 9.95. The Hall–Kier alpha value is -3.19. The lowest BCUT2D eigenvalue weighted by Crippen LogP contribution is -2.36. The highest BCUT2D eigenvalue weighted by Gasteiger charge is 2.47. The van der Waals surface area contributed by atoms with E-state index in [2.05, 4.69) is 0 Å². The SMILES string of the molecule is CCCOc1ccc([C@H]2C(=C(O)c3ccc(F)cc3)C(=O)C(=O)N2C[C@@H]2CCCO2)cc1. The first-order valence-corrected chi connectivity index (χ1v) is 10.9. The number of aliphatic hydroxyl groups excluding tert-OH is 1. The topological polar surface area (TPSA) is 76.1 Å². The molecule has 0 aliphatic carbocycles. The molecule has 2 aromatic carbocycles. The molecule has 0 unspecified atom stereocenters. The quantitative estimate of drug-likeness (QED) is 0.397. The van der Waals surface area contributed by atoms with Gasteiger partial charge >= 0.3 is 0 Å². The minimum atomic E-state index is -0.774. The first-order chi connectivity index (χ1) is 15.5. The number of benzene rings is 2. The molecular formula is C25H26FNO5. The van der Waals surface area contributed by atoms with Crippen LogP contribution in [0.2, 0.25) is 0 Å². The van der Waals surface area contributed by atoms with Crippen molar-refractivity contribution < 1.29 is 28.6 Å². The molecule has 0 spiro atoms. The molecule has 0 saturated carbocycles. The molecule has 2 atom stereocenters. The number of rotatable bonds is 7. The third-order valence-corrected chi connectivity index (χ3v) is 5.75. The zero-order valence-electron chi connectivity index (χ0n) is 17.9. The van der Waals surface area contributed by atoms with Gasteiger partial charge in [0.1, 0.15) is 17.3 Å². The molecule has 4 rings (SSSR count). The zero-order chi connectivity index (χ0) is 22.7. The van der Waals surface area contributed by atoms with E-state index >= 15 is 0 Å². The molecule has 2 aliphatic heterocycles. The van der Waals surface area contributed by atoms with Crippen molar-refractivity contribution in [3.05, 3.63) is 71.0 Å². The van der Waals surface area contributed by atoms with Crippen LogP contribution in [0.25, 0.3) is 5.76 Å². The summed E-state index contributed by atoms with van der Waals surface area (Å²) in [6, 6.07) is 11.6. The predicted molar refractivity (Wildman–Crippen MR) is 117 cm³/mol. The molecule has 0 bridgehead atoms. The fourth-order valence-electron chi connectivity index (χ4n) is 4.15. The van der Waals surface area contributed by atoms with E-state index in [0.29, 0.717) is 24.5 Å². The van der Waals surface area contributed by atoms with E-state index in [1.807, 2.05) is 6.92 Å².